The number of carbonyl (C=O) groups excluding carboxylic acids is 1. The third-order valence-corrected chi connectivity index (χ3v) is 7.65. The standard InChI is InChI=1S/C30H39F4N3O3/c1-29(2,3)22-4-9-25(10-5-22)36-14-16-37(17-15-36)28(38)20-39-26-11-6-23(7-12-26)35-24-8-13-27(21(18-24)19-31)40-30(32,33)34/h4-5,8-10,13,18,23,26,35H,6-7,11-12,14-17,19-20H2,1-3H3. The second-order valence-electron chi connectivity index (χ2n) is 11.6. The third-order valence-electron chi connectivity index (χ3n) is 7.65. The Balaban J connectivity index is 1.17. The molecule has 0 radical (unpaired) electrons. The van der Waals surface area contributed by atoms with Gasteiger partial charge in [-0.1, -0.05) is 32.9 Å². The van der Waals surface area contributed by atoms with Crippen LogP contribution in [-0.4, -0.2) is 62.1 Å². The summed E-state index contributed by atoms with van der Waals surface area (Å²) in [6, 6.07) is 12.7. The van der Waals surface area contributed by atoms with Gasteiger partial charge in [-0.25, -0.2) is 4.39 Å². The molecule has 6 nitrogen and oxygen atoms in total. The highest BCUT2D eigenvalue weighted by molar-refractivity contribution is 5.77. The molecule has 1 saturated carbocycles. The molecule has 0 spiro atoms. The van der Waals surface area contributed by atoms with Gasteiger partial charge in [0.1, 0.15) is 19.0 Å². The SMILES string of the molecule is CC(C)(C)c1ccc(N2CCN(C(=O)COC3CCC(Nc4ccc(OC(F)(F)F)c(CF)c4)CC3)CC2)cc1. The van der Waals surface area contributed by atoms with E-state index in [-0.39, 0.29) is 35.6 Å². The number of alkyl halides is 4. The average Bonchev–Trinajstić information content (AvgIpc) is 2.92. The molecule has 0 bridgehead atoms. The first kappa shape index (κ1) is 30.0. The number of rotatable bonds is 8. The summed E-state index contributed by atoms with van der Waals surface area (Å²) in [4.78, 5) is 16.9. The molecule has 0 atom stereocenters. The highest BCUT2D eigenvalue weighted by Gasteiger charge is 2.32. The minimum absolute atomic E-state index is 0.00268. The van der Waals surface area contributed by atoms with Crippen LogP contribution in [0.1, 0.15) is 57.6 Å². The van der Waals surface area contributed by atoms with Crippen LogP contribution in [0.25, 0.3) is 0 Å². The molecule has 1 amide bonds. The van der Waals surface area contributed by atoms with Crippen LogP contribution in [0.3, 0.4) is 0 Å². The Bertz CT molecular complexity index is 1120. The number of benzene rings is 2. The summed E-state index contributed by atoms with van der Waals surface area (Å²) in [5.41, 5.74) is 2.98. The number of anilines is 2. The lowest BCUT2D eigenvalue weighted by Gasteiger charge is -2.37. The number of nitrogens with zero attached hydrogens (tertiary/aromatic N) is 2. The Morgan fingerprint density at radius 1 is 0.950 bits per heavy atom. The van der Waals surface area contributed by atoms with Crippen LogP contribution in [0.5, 0.6) is 5.75 Å². The highest BCUT2D eigenvalue weighted by atomic mass is 19.4. The van der Waals surface area contributed by atoms with Gasteiger partial charge in [0.15, 0.2) is 0 Å². The number of hydrogen-bond donors (Lipinski definition) is 1. The first-order valence-electron chi connectivity index (χ1n) is 13.9. The average molecular weight is 566 g/mol. The molecule has 40 heavy (non-hydrogen) atoms. The van der Waals surface area contributed by atoms with E-state index in [0.29, 0.717) is 18.8 Å². The van der Waals surface area contributed by atoms with Gasteiger partial charge in [0.05, 0.1) is 6.10 Å². The first-order valence-corrected chi connectivity index (χ1v) is 13.9. The van der Waals surface area contributed by atoms with E-state index in [9.17, 15) is 22.4 Å². The number of amides is 1. The van der Waals surface area contributed by atoms with Crippen molar-refractivity contribution in [2.45, 2.75) is 77.1 Å². The van der Waals surface area contributed by atoms with Crippen LogP contribution < -0.4 is 15.0 Å². The maximum Gasteiger partial charge on any atom is 0.573 e. The molecule has 2 aromatic carbocycles. The monoisotopic (exact) mass is 565 g/mol. The normalized spacial score (nSPS) is 20.4. The number of piperazine rings is 1. The zero-order valence-corrected chi connectivity index (χ0v) is 23.4. The van der Waals surface area contributed by atoms with Crippen molar-refractivity contribution in [2.24, 2.45) is 0 Å². The molecule has 1 aliphatic carbocycles. The van der Waals surface area contributed by atoms with Gasteiger partial charge < -0.3 is 24.6 Å². The topological polar surface area (TPSA) is 54.0 Å². The minimum Gasteiger partial charge on any atom is -0.405 e. The molecule has 4 rings (SSSR count). The predicted molar refractivity (Wildman–Crippen MR) is 147 cm³/mol. The number of hydrogen-bond acceptors (Lipinski definition) is 5. The fourth-order valence-corrected chi connectivity index (χ4v) is 5.27. The van der Waals surface area contributed by atoms with E-state index >= 15 is 0 Å². The van der Waals surface area contributed by atoms with E-state index in [1.54, 1.807) is 0 Å². The van der Waals surface area contributed by atoms with E-state index in [2.05, 4.69) is 60.0 Å². The zero-order valence-electron chi connectivity index (χ0n) is 23.4. The fourth-order valence-electron chi connectivity index (χ4n) is 5.27. The molecule has 10 heteroatoms. The van der Waals surface area contributed by atoms with Gasteiger partial charge in [-0.2, -0.15) is 0 Å². The van der Waals surface area contributed by atoms with E-state index in [1.165, 1.54) is 23.4 Å². The highest BCUT2D eigenvalue weighted by Crippen LogP contribution is 2.31. The van der Waals surface area contributed by atoms with Crippen molar-refractivity contribution >= 4 is 17.3 Å². The second-order valence-corrected chi connectivity index (χ2v) is 11.6. The number of ether oxygens (including phenoxy) is 2. The summed E-state index contributed by atoms with van der Waals surface area (Å²) in [6.45, 7) is 8.48. The van der Waals surface area contributed by atoms with Gasteiger partial charge in [0.25, 0.3) is 0 Å². The number of halogens is 4. The quantitative estimate of drug-likeness (QED) is 0.374. The molecule has 1 heterocycles. The van der Waals surface area contributed by atoms with Crippen molar-refractivity contribution in [1.82, 2.24) is 4.90 Å². The molecule has 2 fully saturated rings. The number of carbonyl (C=O) groups is 1. The Kier molecular flexibility index (Phi) is 9.48. The third kappa shape index (κ3) is 8.25. The van der Waals surface area contributed by atoms with Crippen LogP contribution in [0.2, 0.25) is 0 Å². The lowest BCUT2D eigenvalue weighted by atomic mass is 9.87. The van der Waals surface area contributed by atoms with Gasteiger partial charge in [0, 0.05) is 49.2 Å². The van der Waals surface area contributed by atoms with E-state index in [1.807, 2.05) is 4.90 Å². The molecule has 1 N–H and O–H groups in total. The van der Waals surface area contributed by atoms with Crippen molar-refractivity contribution in [2.75, 3.05) is 43.0 Å². The van der Waals surface area contributed by atoms with Crippen molar-refractivity contribution in [3.05, 3.63) is 53.6 Å². The Hall–Kier alpha value is -3.01. The van der Waals surface area contributed by atoms with Crippen molar-refractivity contribution in [3.8, 4) is 5.75 Å². The lowest BCUT2D eigenvalue weighted by molar-refractivity contribution is -0.275. The summed E-state index contributed by atoms with van der Waals surface area (Å²) in [6.07, 6.45) is -1.82. The van der Waals surface area contributed by atoms with Gasteiger partial charge in [-0.15, -0.1) is 13.2 Å². The minimum atomic E-state index is -4.87. The van der Waals surface area contributed by atoms with Crippen LogP contribution in [0.15, 0.2) is 42.5 Å². The van der Waals surface area contributed by atoms with Crippen molar-refractivity contribution in [1.29, 1.82) is 0 Å². The van der Waals surface area contributed by atoms with Crippen molar-refractivity contribution < 1.29 is 31.8 Å². The number of nitrogens with one attached hydrogen (secondary N) is 1. The summed E-state index contributed by atoms with van der Waals surface area (Å²) in [5, 5.41) is 3.27. The lowest BCUT2D eigenvalue weighted by Crippen LogP contribution is -2.50. The molecule has 1 aliphatic heterocycles. The van der Waals surface area contributed by atoms with Crippen LogP contribution in [0, 0.1) is 0 Å². The largest absolute Gasteiger partial charge is 0.573 e. The fraction of sp³-hybridized carbons (Fsp3) is 0.567. The molecule has 0 aromatic heterocycles. The molecule has 2 aromatic rings. The summed E-state index contributed by atoms with van der Waals surface area (Å²) >= 11 is 0. The van der Waals surface area contributed by atoms with Gasteiger partial charge in [-0.3, -0.25) is 4.79 Å². The summed E-state index contributed by atoms with van der Waals surface area (Å²) in [5.74, 6) is -0.526. The van der Waals surface area contributed by atoms with Gasteiger partial charge in [-0.05, 0) is 67.0 Å². The van der Waals surface area contributed by atoms with E-state index in [4.69, 9.17) is 4.74 Å². The Morgan fingerprint density at radius 2 is 1.60 bits per heavy atom. The van der Waals surface area contributed by atoms with E-state index in [0.717, 1.165) is 44.8 Å². The smallest absolute Gasteiger partial charge is 0.405 e. The second kappa shape index (κ2) is 12.7. The summed E-state index contributed by atoms with van der Waals surface area (Å²) in [7, 11) is 0. The Labute approximate surface area is 233 Å². The molecular formula is C30H39F4N3O3. The van der Waals surface area contributed by atoms with Gasteiger partial charge in [0.2, 0.25) is 5.91 Å². The van der Waals surface area contributed by atoms with Crippen LogP contribution >= 0.6 is 0 Å². The van der Waals surface area contributed by atoms with Crippen LogP contribution in [-0.2, 0) is 21.6 Å². The van der Waals surface area contributed by atoms with Gasteiger partial charge >= 0.3 is 6.36 Å². The van der Waals surface area contributed by atoms with E-state index < -0.39 is 18.8 Å². The Morgan fingerprint density at radius 3 is 2.17 bits per heavy atom. The van der Waals surface area contributed by atoms with Crippen LogP contribution in [0.4, 0.5) is 28.9 Å². The summed E-state index contributed by atoms with van der Waals surface area (Å²) < 4.78 is 60.6. The zero-order chi connectivity index (χ0) is 28.9. The molecule has 2 aliphatic rings. The molecule has 220 valence electrons. The predicted octanol–water partition coefficient (Wildman–Crippen LogP) is 6.44. The maximum atomic E-state index is 13.3. The first-order chi connectivity index (χ1) is 18.9. The van der Waals surface area contributed by atoms with Crippen molar-refractivity contribution in [3.63, 3.8) is 0 Å². The molecule has 0 unspecified atom stereocenters. The maximum absolute atomic E-state index is 13.3. The molecular weight excluding hydrogens is 526 g/mol. The molecule has 1 saturated heterocycles.